The number of carbonyl (C=O) groups excluding carboxylic acids is 1. The molecular weight excluding hydrogens is 344 g/mol. The van der Waals surface area contributed by atoms with Gasteiger partial charge >= 0.3 is 0 Å². The number of fused-ring (bicyclic) bond motifs is 3. The van der Waals surface area contributed by atoms with Crippen molar-refractivity contribution in [2.75, 3.05) is 7.05 Å². The summed E-state index contributed by atoms with van der Waals surface area (Å²) in [6, 6.07) is 7.31. The predicted octanol–water partition coefficient (Wildman–Crippen LogP) is 2.68. The predicted molar refractivity (Wildman–Crippen MR) is 88.9 cm³/mol. The van der Waals surface area contributed by atoms with Crippen LogP contribution in [0, 0.1) is 0 Å². The molecule has 3 heterocycles. The topological polar surface area (TPSA) is 61.0 Å². The number of benzene rings is 1. The standard InChI is InChI=1S/C16H19BrN4O/c1-21-11-3-4-12(21)8-10(7-11)18-16(22)15-13-6-9(17)2-5-14(13)19-20-15/h2,5-6,10-12H,3-4,7-8H2,1H3,(H,18,22)(H,19,20). The van der Waals surface area contributed by atoms with Gasteiger partial charge in [0.15, 0.2) is 5.69 Å². The van der Waals surface area contributed by atoms with E-state index < -0.39 is 0 Å². The molecule has 116 valence electrons. The van der Waals surface area contributed by atoms with Crippen molar-refractivity contribution >= 4 is 32.7 Å². The molecule has 5 nitrogen and oxygen atoms in total. The van der Waals surface area contributed by atoms with Crippen LogP contribution in [0.15, 0.2) is 22.7 Å². The average molecular weight is 363 g/mol. The first-order valence-corrected chi connectivity index (χ1v) is 8.57. The van der Waals surface area contributed by atoms with Crippen molar-refractivity contribution in [1.29, 1.82) is 0 Å². The van der Waals surface area contributed by atoms with E-state index in [-0.39, 0.29) is 11.9 Å². The molecule has 22 heavy (non-hydrogen) atoms. The molecular formula is C16H19BrN4O. The highest BCUT2D eigenvalue weighted by molar-refractivity contribution is 9.10. The molecule has 0 spiro atoms. The van der Waals surface area contributed by atoms with Gasteiger partial charge in [0.25, 0.3) is 5.91 Å². The Morgan fingerprint density at radius 1 is 1.36 bits per heavy atom. The van der Waals surface area contributed by atoms with Crippen LogP contribution in [0.5, 0.6) is 0 Å². The Morgan fingerprint density at radius 2 is 2.09 bits per heavy atom. The molecule has 2 bridgehead atoms. The Balaban J connectivity index is 1.53. The van der Waals surface area contributed by atoms with Gasteiger partial charge in [-0.25, -0.2) is 0 Å². The maximum Gasteiger partial charge on any atom is 0.272 e. The lowest BCUT2D eigenvalue weighted by atomic mass is 9.98. The molecule has 2 aliphatic rings. The van der Waals surface area contributed by atoms with E-state index in [1.807, 2.05) is 18.2 Å². The molecule has 2 aromatic rings. The van der Waals surface area contributed by atoms with Gasteiger partial charge in [0.1, 0.15) is 0 Å². The molecule has 2 N–H and O–H groups in total. The summed E-state index contributed by atoms with van der Waals surface area (Å²) in [5.41, 5.74) is 1.37. The molecule has 0 radical (unpaired) electrons. The highest BCUT2D eigenvalue weighted by Gasteiger charge is 2.39. The molecule has 2 fully saturated rings. The van der Waals surface area contributed by atoms with Gasteiger partial charge in [0.2, 0.25) is 0 Å². The van der Waals surface area contributed by atoms with Gasteiger partial charge in [-0.15, -0.1) is 0 Å². The second-order valence-electron chi connectivity index (χ2n) is 6.45. The van der Waals surface area contributed by atoms with E-state index in [1.165, 1.54) is 12.8 Å². The quantitative estimate of drug-likeness (QED) is 0.863. The van der Waals surface area contributed by atoms with Gasteiger partial charge in [-0.2, -0.15) is 5.10 Å². The van der Waals surface area contributed by atoms with Crippen molar-refractivity contribution in [3.63, 3.8) is 0 Å². The van der Waals surface area contributed by atoms with Gasteiger partial charge in [-0.3, -0.25) is 9.89 Å². The Hall–Kier alpha value is -1.40. The molecule has 2 saturated heterocycles. The monoisotopic (exact) mass is 362 g/mol. The van der Waals surface area contributed by atoms with Crippen molar-refractivity contribution in [3.8, 4) is 0 Å². The third kappa shape index (κ3) is 2.34. The fourth-order valence-corrected chi connectivity index (χ4v) is 4.30. The number of H-pyrrole nitrogens is 1. The number of rotatable bonds is 2. The van der Waals surface area contributed by atoms with Gasteiger partial charge in [0.05, 0.1) is 5.52 Å². The molecule has 1 amide bonds. The third-order valence-corrected chi connectivity index (χ3v) is 5.67. The maximum absolute atomic E-state index is 12.6. The summed E-state index contributed by atoms with van der Waals surface area (Å²) in [5, 5.41) is 11.2. The number of piperidine rings is 1. The van der Waals surface area contributed by atoms with Gasteiger partial charge in [0, 0.05) is 28.0 Å². The van der Waals surface area contributed by atoms with E-state index >= 15 is 0 Å². The molecule has 2 unspecified atom stereocenters. The number of amides is 1. The van der Waals surface area contributed by atoms with Crippen LogP contribution >= 0.6 is 15.9 Å². The van der Waals surface area contributed by atoms with Gasteiger partial charge in [-0.05, 0) is 50.9 Å². The van der Waals surface area contributed by atoms with Crippen LogP contribution in [0.25, 0.3) is 10.9 Å². The number of halogens is 1. The SMILES string of the molecule is CN1C2CCC1CC(NC(=O)c1n[nH]c3ccc(Br)cc13)C2. The van der Waals surface area contributed by atoms with Crippen LogP contribution < -0.4 is 5.32 Å². The van der Waals surface area contributed by atoms with Crippen molar-refractivity contribution in [1.82, 2.24) is 20.4 Å². The average Bonchev–Trinajstić information content (AvgIpc) is 2.97. The first-order chi connectivity index (χ1) is 10.6. The van der Waals surface area contributed by atoms with E-state index in [0.29, 0.717) is 17.8 Å². The molecule has 2 aliphatic heterocycles. The number of aromatic nitrogens is 2. The molecule has 1 aromatic heterocycles. The number of hydrogen-bond acceptors (Lipinski definition) is 3. The summed E-state index contributed by atoms with van der Waals surface area (Å²) in [6.07, 6.45) is 4.60. The van der Waals surface area contributed by atoms with Crippen LogP contribution in [-0.2, 0) is 0 Å². The Morgan fingerprint density at radius 3 is 2.82 bits per heavy atom. The normalized spacial score (nSPS) is 28.2. The minimum Gasteiger partial charge on any atom is -0.348 e. The number of nitrogens with one attached hydrogen (secondary N) is 2. The van der Waals surface area contributed by atoms with E-state index in [0.717, 1.165) is 28.2 Å². The zero-order valence-electron chi connectivity index (χ0n) is 12.5. The summed E-state index contributed by atoms with van der Waals surface area (Å²) >= 11 is 3.45. The summed E-state index contributed by atoms with van der Waals surface area (Å²) in [5.74, 6) is -0.0710. The van der Waals surface area contributed by atoms with Crippen LogP contribution in [-0.4, -0.2) is 46.2 Å². The molecule has 2 atom stereocenters. The van der Waals surface area contributed by atoms with E-state index in [1.54, 1.807) is 0 Å². The lowest BCUT2D eigenvalue weighted by Crippen LogP contribution is -2.48. The van der Waals surface area contributed by atoms with Crippen molar-refractivity contribution in [3.05, 3.63) is 28.4 Å². The fraction of sp³-hybridized carbons (Fsp3) is 0.500. The van der Waals surface area contributed by atoms with Crippen molar-refractivity contribution in [2.45, 2.75) is 43.8 Å². The maximum atomic E-state index is 12.6. The molecule has 0 aliphatic carbocycles. The zero-order valence-corrected chi connectivity index (χ0v) is 14.1. The Bertz CT molecular complexity index is 714. The van der Waals surface area contributed by atoms with Crippen molar-refractivity contribution in [2.24, 2.45) is 0 Å². The molecule has 0 saturated carbocycles. The Labute approximate surface area is 137 Å². The van der Waals surface area contributed by atoms with Gasteiger partial charge < -0.3 is 10.2 Å². The van der Waals surface area contributed by atoms with E-state index in [4.69, 9.17) is 0 Å². The van der Waals surface area contributed by atoms with Gasteiger partial charge in [-0.1, -0.05) is 15.9 Å². The van der Waals surface area contributed by atoms with Crippen LogP contribution in [0.3, 0.4) is 0 Å². The largest absolute Gasteiger partial charge is 0.348 e. The highest BCUT2D eigenvalue weighted by atomic mass is 79.9. The van der Waals surface area contributed by atoms with Crippen molar-refractivity contribution < 1.29 is 4.79 Å². The number of hydrogen-bond donors (Lipinski definition) is 2. The van der Waals surface area contributed by atoms with E-state index in [2.05, 4.69) is 43.4 Å². The third-order valence-electron chi connectivity index (χ3n) is 5.17. The van der Waals surface area contributed by atoms with Crippen LogP contribution in [0.2, 0.25) is 0 Å². The summed E-state index contributed by atoms with van der Waals surface area (Å²) in [4.78, 5) is 15.1. The number of carbonyl (C=O) groups is 1. The molecule has 6 heteroatoms. The first kappa shape index (κ1) is 14.2. The lowest BCUT2D eigenvalue weighted by Gasteiger charge is -2.36. The number of aromatic amines is 1. The minimum absolute atomic E-state index is 0.0710. The highest BCUT2D eigenvalue weighted by Crippen LogP contribution is 2.34. The second kappa shape index (κ2) is 5.35. The lowest BCUT2D eigenvalue weighted by molar-refractivity contribution is 0.0879. The smallest absolute Gasteiger partial charge is 0.272 e. The van der Waals surface area contributed by atoms with Crippen LogP contribution in [0.1, 0.15) is 36.2 Å². The molecule has 1 aromatic carbocycles. The fourth-order valence-electron chi connectivity index (χ4n) is 3.94. The van der Waals surface area contributed by atoms with Crippen LogP contribution in [0.4, 0.5) is 0 Å². The number of nitrogens with zero attached hydrogens (tertiary/aromatic N) is 2. The zero-order chi connectivity index (χ0) is 15.3. The minimum atomic E-state index is -0.0710. The summed E-state index contributed by atoms with van der Waals surface area (Å²) in [7, 11) is 2.21. The first-order valence-electron chi connectivity index (χ1n) is 7.78. The molecule has 4 rings (SSSR count). The summed E-state index contributed by atoms with van der Waals surface area (Å²) in [6.45, 7) is 0. The second-order valence-corrected chi connectivity index (χ2v) is 7.37. The Kier molecular flexibility index (Phi) is 3.46. The summed E-state index contributed by atoms with van der Waals surface area (Å²) < 4.78 is 0.952. The van der Waals surface area contributed by atoms with E-state index in [9.17, 15) is 4.79 Å².